The van der Waals surface area contributed by atoms with Gasteiger partial charge < -0.3 is 10.4 Å². The third kappa shape index (κ3) is 4.37. The summed E-state index contributed by atoms with van der Waals surface area (Å²) < 4.78 is 0. The van der Waals surface area contributed by atoms with Crippen LogP contribution in [0, 0.1) is 19.8 Å². The Bertz CT molecular complexity index is 338. The highest BCUT2D eigenvalue weighted by atomic mass is 32.1. The molecule has 1 rings (SSSR count). The van der Waals surface area contributed by atoms with E-state index in [-0.39, 0.29) is 6.61 Å². The van der Waals surface area contributed by atoms with Crippen molar-refractivity contribution in [1.82, 2.24) is 10.3 Å². The van der Waals surface area contributed by atoms with Crippen LogP contribution in [0.5, 0.6) is 0 Å². The maximum absolute atomic E-state index is 8.96. The number of thiazole rings is 1. The summed E-state index contributed by atoms with van der Waals surface area (Å²) >= 11 is 1.77. The summed E-state index contributed by atoms with van der Waals surface area (Å²) in [6.07, 6.45) is 2.00. The number of aliphatic hydroxyl groups is 1. The lowest BCUT2D eigenvalue weighted by molar-refractivity contribution is 0.249. The van der Waals surface area contributed by atoms with Gasteiger partial charge in [-0.3, -0.25) is 0 Å². The topological polar surface area (TPSA) is 45.1 Å². The molecule has 2 N–H and O–H groups in total. The molecule has 3 nitrogen and oxygen atoms in total. The summed E-state index contributed by atoms with van der Waals surface area (Å²) in [7, 11) is 0. The lowest BCUT2D eigenvalue weighted by Crippen LogP contribution is -2.26. The third-order valence-corrected chi connectivity index (χ3v) is 4.42. The van der Waals surface area contributed by atoms with Crippen LogP contribution in [-0.4, -0.2) is 23.2 Å². The van der Waals surface area contributed by atoms with Gasteiger partial charge in [0.1, 0.15) is 0 Å². The number of aryl methyl sites for hydroxylation is 2. The van der Waals surface area contributed by atoms with Gasteiger partial charge in [0.25, 0.3) is 0 Å². The summed E-state index contributed by atoms with van der Waals surface area (Å²) in [5.74, 6) is 0.566. The van der Waals surface area contributed by atoms with Crippen molar-refractivity contribution in [1.29, 1.82) is 0 Å². The number of nitrogens with one attached hydrogen (secondary N) is 1. The molecule has 0 bridgehead atoms. The van der Waals surface area contributed by atoms with Gasteiger partial charge in [-0.05, 0) is 39.7 Å². The molecule has 0 aliphatic carbocycles. The first-order valence-electron chi connectivity index (χ1n) is 6.36. The Balaban J connectivity index is 2.49. The van der Waals surface area contributed by atoms with Crippen molar-refractivity contribution in [3.63, 3.8) is 0 Å². The van der Waals surface area contributed by atoms with E-state index in [1.807, 2.05) is 0 Å². The number of aliphatic hydroxyl groups excluding tert-OH is 1. The molecular weight excluding hydrogens is 232 g/mol. The van der Waals surface area contributed by atoms with Crippen LogP contribution in [0.3, 0.4) is 0 Å². The smallest absolute Gasteiger partial charge is 0.0900 e. The minimum atomic E-state index is 0.285. The molecule has 0 amide bonds. The highest BCUT2D eigenvalue weighted by molar-refractivity contribution is 7.11. The molecule has 2 atom stereocenters. The Hall–Kier alpha value is -0.450. The van der Waals surface area contributed by atoms with Gasteiger partial charge in [-0.1, -0.05) is 13.3 Å². The summed E-state index contributed by atoms with van der Waals surface area (Å²) in [6, 6.07) is 0.356. The number of aromatic nitrogens is 1. The van der Waals surface area contributed by atoms with E-state index in [4.69, 9.17) is 5.11 Å². The normalized spacial score (nSPS) is 14.9. The second-order valence-electron chi connectivity index (χ2n) is 4.60. The number of rotatable bonds is 7. The van der Waals surface area contributed by atoms with E-state index in [1.54, 1.807) is 11.3 Å². The van der Waals surface area contributed by atoms with E-state index < -0.39 is 0 Å². The largest absolute Gasteiger partial charge is 0.396 e. The van der Waals surface area contributed by atoms with Crippen LogP contribution in [0.1, 0.15) is 48.3 Å². The zero-order chi connectivity index (χ0) is 12.8. The Labute approximate surface area is 108 Å². The second-order valence-corrected chi connectivity index (χ2v) is 5.83. The van der Waals surface area contributed by atoms with E-state index in [0.717, 1.165) is 30.1 Å². The Kier molecular flexibility index (Phi) is 6.09. The predicted octanol–water partition coefficient (Wildman–Crippen LogP) is 2.82. The first kappa shape index (κ1) is 14.6. The average molecular weight is 256 g/mol. The zero-order valence-electron chi connectivity index (χ0n) is 11.3. The fourth-order valence-electron chi connectivity index (χ4n) is 2.02. The molecule has 1 aromatic rings. The maximum atomic E-state index is 8.96. The van der Waals surface area contributed by atoms with Crippen LogP contribution in [0.25, 0.3) is 0 Å². The molecular formula is C13H24N2OS. The van der Waals surface area contributed by atoms with Gasteiger partial charge in [0, 0.05) is 17.5 Å². The standard InChI is InChI=1S/C13H24N2OS/c1-5-12(6-7-16)8-14-9(2)13-10(3)15-11(4)17-13/h9,12,14,16H,5-8H2,1-4H3. The Morgan fingerprint density at radius 1 is 1.41 bits per heavy atom. The molecule has 0 aliphatic rings. The molecule has 0 saturated heterocycles. The van der Waals surface area contributed by atoms with E-state index in [0.29, 0.717) is 12.0 Å². The summed E-state index contributed by atoms with van der Waals surface area (Å²) in [6.45, 7) is 9.73. The van der Waals surface area contributed by atoms with Gasteiger partial charge in [0.05, 0.1) is 10.7 Å². The second kappa shape index (κ2) is 7.09. The Morgan fingerprint density at radius 3 is 2.59 bits per heavy atom. The lowest BCUT2D eigenvalue weighted by Gasteiger charge is -2.18. The fraction of sp³-hybridized carbons (Fsp3) is 0.769. The van der Waals surface area contributed by atoms with Gasteiger partial charge in [0.15, 0.2) is 0 Å². The maximum Gasteiger partial charge on any atom is 0.0900 e. The van der Waals surface area contributed by atoms with Crippen LogP contribution in [-0.2, 0) is 0 Å². The van der Waals surface area contributed by atoms with E-state index in [9.17, 15) is 0 Å². The van der Waals surface area contributed by atoms with Gasteiger partial charge in [0.2, 0.25) is 0 Å². The minimum absolute atomic E-state index is 0.285. The molecule has 17 heavy (non-hydrogen) atoms. The summed E-state index contributed by atoms with van der Waals surface area (Å²) in [5, 5.41) is 13.6. The first-order chi connectivity index (χ1) is 8.08. The predicted molar refractivity (Wildman–Crippen MR) is 73.5 cm³/mol. The monoisotopic (exact) mass is 256 g/mol. The summed E-state index contributed by atoms with van der Waals surface area (Å²) in [4.78, 5) is 5.79. The molecule has 0 aliphatic heterocycles. The van der Waals surface area contributed by atoms with Crippen molar-refractivity contribution >= 4 is 11.3 Å². The number of hydrogen-bond donors (Lipinski definition) is 2. The van der Waals surface area contributed by atoms with Crippen molar-refractivity contribution in [2.75, 3.05) is 13.2 Å². The number of hydrogen-bond acceptors (Lipinski definition) is 4. The van der Waals surface area contributed by atoms with E-state index in [2.05, 4.69) is 38.0 Å². The molecule has 2 unspecified atom stereocenters. The highest BCUT2D eigenvalue weighted by Gasteiger charge is 2.14. The molecule has 98 valence electrons. The van der Waals surface area contributed by atoms with Crippen LogP contribution < -0.4 is 5.32 Å². The fourth-order valence-corrected chi connectivity index (χ4v) is 2.97. The molecule has 0 spiro atoms. The van der Waals surface area contributed by atoms with Gasteiger partial charge >= 0.3 is 0 Å². The van der Waals surface area contributed by atoms with Crippen LogP contribution in [0.15, 0.2) is 0 Å². The van der Waals surface area contributed by atoms with Crippen molar-refractivity contribution in [2.24, 2.45) is 5.92 Å². The molecule has 1 aromatic heterocycles. The van der Waals surface area contributed by atoms with Crippen LogP contribution in [0.4, 0.5) is 0 Å². The highest BCUT2D eigenvalue weighted by Crippen LogP contribution is 2.24. The molecule has 0 fully saturated rings. The van der Waals surface area contributed by atoms with Crippen molar-refractivity contribution in [3.8, 4) is 0 Å². The molecule has 4 heteroatoms. The minimum Gasteiger partial charge on any atom is -0.396 e. The van der Waals surface area contributed by atoms with E-state index in [1.165, 1.54) is 4.88 Å². The number of nitrogens with zero attached hydrogens (tertiary/aromatic N) is 1. The van der Waals surface area contributed by atoms with E-state index >= 15 is 0 Å². The Morgan fingerprint density at radius 2 is 2.12 bits per heavy atom. The van der Waals surface area contributed by atoms with Gasteiger partial charge in [-0.25, -0.2) is 4.98 Å². The van der Waals surface area contributed by atoms with Crippen LogP contribution >= 0.6 is 11.3 Å². The molecule has 1 heterocycles. The SMILES string of the molecule is CCC(CCO)CNC(C)c1sc(C)nc1C. The van der Waals surface area contributed by atoms with Gasteiger partial charge in [-0.2, -0.15) is 0 Å². The van der Waals surface area contributed by atoms with Crippen molar-refractivity contribution in [2.45, 2.75) is 46.6 Å². The third-order valence-electron chi connectivity index (χ3n) is 3.16. The molecule has 0 aromatic carbocycles. The van der Waals surface area contributed by atoms with Gasteiger partial charge in [-0.15, -0.1) is 11.3 Å². The molecule has 0 radical (unpaired) electrons. The first-order valence-corrected chi connectivity index (χ1v) is 7.18. The van der Waals surface area contributed by atoms with Crippen LogP contribution in [0.2, 0.25) is 0 Å². The summed E-state index contributed by atoms with van der Waals surface area (Å²) in [5.41, 5.74) is 1.14. The quantitative estimate of drug-likeness (QED) is 0.788. The lowest BCUT2D eigenvalue weighted by atomic mass is 10.0. The average Bonchev–Trinajstić information content (AvgIpc) is 2.63. The van der Waals surface area contributed by atoms with Crippen molar-refractivity contribution in [3.05, 3.63) is 15.6 Å². The zero-order valence-corrected chi connectivity index (χ0v) is 12.1. The molecule has 0 saturated carbocycles. The van der Waals surface area contributed by atoms with Crippen molar-refractivity contribution < 1.29 is 5.11 Å².